The van der Waals surface area contributed by atoms with Crippen LogP contribution in [0.2, 0.25) is 0 Å². The van der Waals surface area contributed by atoms with Gasteiger partial charge in [-0.05, 0) is 17.5 Å². The summed E-state index contributed by atoms with van der Waals surface area (Å²) in [6, 6.07) is 12.9. The Kier molecular flexibility index (Phi) is 4.33. The molecule has 86 valence electrons. The number of nitrogens with zero attached hydrogens (tertiary/aromatic N) is 1. The average molecular weight is 281 g/mol. The molecule has 0 heterocycles. The molecule has 0 aliphatic rings. The van der Waals surface area contributed by atoms with Gasteiger partial charge in [0.15, 0.2) is 0 Å². The van der Waals surface area contributed by atoms with Crippen molar-refractivity contribution < 1.29 is 22.3 Å². The van der Waals surface area contributed by atoms with Gasteiger partial charge >= 0.3 is 0 Å². The fraction of sp³-hybridized carbons (Fsp3) is 0.231. The molecule has 2 N–H and O–H groups in total. The SMILES string of the molecule is C[NH2+]c1cccc2cccc(N(C)C)c12.[Br-]. The van der Waals surface area contributed by atoms with Crippen molar-refractivity contribution >= 4 is 22.1 Å². The van der Waals surface area contributed by atoms with E-state index in [0.717, 1.165) is 0 Å². The third kappa shape index (κ3) is 2.20. The number of fused-ring (bicyclic) bond motifs is 1. The first kappa shape index (κ1) is 13.0. The average Bonchev–Trinajstić information content (AvgIpc) is 2.27. The van der Waals surface area contributed by atoms with Crippen LogP contribution in [0.4, 0.5) is 11.4 Å². The van der Waals surface area contributed by atoms with Crippen molar-refractivity contribution in [3.8, 4) is 0 Å². The molecule has 2 aromatic rings. The fourth-order valence-corrected chi connectivity index (χ4v) is 1.96. The molecule has 0 bridgehead atoms. The number of anilines is 1. The van der Waals surface area contributed by atoms with E-state index in [1.165, 1.54) is 22.1 Å². The molecule has 0 amide bonds. The Morgan fingerprint density at radius 1 is 1.00 bits per heavy atom. The highest BCUT2D eigenvalue weighted by molar-refractivity contribution is 6.00. The highest BCUT2D eigenvalue weighted by Crippen LogP contribution is 2.29. The van der Waals surface area contributed by atoms with E-state index >= 15 is 0 Å². The van der Waals surface area contributed by atoms with Gasteiger partial charge in [-0.3, -0.25) is 0 Å². The van der Waals surface area contributed by atoms with E-state index in [-0.39, 0.29) is 17.0 Å². The summed E-state index contributed by atoms with van der Waals surface area (Å²) >= 11 is 0. The summed E-state index contributed by atoms with van der Waals surface area (Å²) in [4.78, 5) is 2.16. The van der Waals surface area contributed by atoms with Crippen LogP contribution in [0, 0.1) is 0 Å². The maximum Gasteiger partial charge on any atom is 0.139 e. The second kappa shape index (κ2) is 5.32. The van der Waals surface area contributed by atoms with Gasteiger partial charge in [0.1, 0.15) is 5.69 Å². The van der Waals surface area contributed by atoms with Crippen molar-refractivity contribution in [1.82, 2.24) is 0 Å². The van der Waals surface area contributed by atoms with E-state index in [2.05, 4.69) is 67.8 Å². The van der Waals surface area contributed by atoms with Crippen molar-refractivity contribution in [3.63, 3.8) is 0 Å². The van der Waals surface area contributed by atoms with Crippen molar-refractivity contribution in [2.45, 2.75) is 0 Å². The van der Waals surface area contributed by atoms with Gasteiger partial charge in [-0.2, -0.15) is 0 Å². The quantitative estimate of drug-likeness (QED) is 0.681. The molecule has 2 aromatic carbocycles. The topological polar surface area (TPSA) is 19.9 Å². The second-order valence-corrected chi connectivity index (χ2v) is 3.91. The molecule has 0 aromatic heterocycles. The Labute approximate surface area is 107 Å². The van der Waals surface area contributed by atoms with Crippen LogP contribution in [0.25, 0.3) is 10.8 Å². The molecule has 3 heteroatoms. The van der Waals surface area contributed by atoms with Gasteiger partial charge in [0.2, 0.25) is 0 Å². The minimum absolute atomic E-state index is 0. The van der Waals surface area contributed by atoms with Crippen LogP contribution in [0.15, 0.2) is 36.4 Å². The molecule has 0 atom stereocenters. The van der Waals surface area contributed by atoms with E-state index in [1.54, 1.807) is 0 Å². The lowest BCUT2D eigenvalue weighted by molar-refractivity contribution is -0.537. The Morgan fingerprint density at radius 3 is 2.19 bits per heavy atom. The molecule has 16 heavy (non-hydrogen) atoms. The summed E-state index contributed by atoms with van der Waals surface area (Å²) in [5.74, 6) is 0. The van der Waals surface area contributed by atoms with E-state index < -0.39 is 0 Å². The highest BCUT2D eigenvalue weighted by atomic mass is 79.9. The number of rotatable bonds is 2. The van der Waals surface area contributed by atoms with Crippen LogP contribution in [-0.2, 0) is 0 Å². The van der Waals surface area contributed by atoms with Crippen LogP contribution in [0.1, 0.15) is 0 Å². The summed E-state index contributed by atoms with van der Waals surface area (Å²) in [5, 5.41) is 4.80. The number of hydrogen-bond acceptors (Lipinski definition) is 1. The zero-order valence-electron chi connectivity index (χ0n) is 9.87. The largest absolute Gasteiger partial charge is 1.00 e. The Morgan fingerprint density at radius 2 is 1.62 bits per heavy atom. The van der Waals surface area contributed by atoms with Gasteiger partial charge in [0, 0.05) is 14.1 Å². The predicted octanol–water partition coefficient (Wildman–Crippen LogP) is -1.27. The summed E-state index contributed by atoms with van der Waals surface area (Å²) in [6.45, 7) is 0. The summed E-state index contributed by atoms with van der Waals surface area (Å²) in [6.07, 6.45) is 0. The van der Waals surface area contributed by atoms with Gasteiger partial charge in [-0.1, -0.05) is 24.3 Å². The molecule has 0 aliphatic heterocycles. The van der Waals surface area contributed by atoms with Crippen molar-refractivity contribution in [3.05, 3.63) is 36.4 Å². The number of nitrogens with two attached hydrogens (primary N) is 1. The fourth-order valence-electron chi connectivity index (χ4n) is 1.96. The minimum Gasteiger partial charge on any atom is -1.00 e. The lowest BCUT2D eigenvalue weighted by atomic mass is 10.1. The van der Waals surface area contributed by atoms with Crippen molar-refractivity contribution in [1.29, 1.82) is 0 Å². The number of benzene rings is 2. The van der Waals surface area contributed by atoms with Gasteiger partial charge in [0.25, 0.3) is 0 Å². The molecule has 2 rings (SSSR count). The third-order valence-corrected chi connectivity index (χ3v) is 2.71. The van der Waals surface area contributed by atoms with Crippen LogP contribution in [0.5, 0.6) is 0 Å². The summed E-state index contributed by atoms with van der Waals surface area (Å²) in [7, 11) is 6.25. The van der Waals surface area contributed by atoms with Gasteiger partial charge < -0.3 is 27.2 Å². The molecule has 2 nitrogen and oxygen atoms in total. The van der Waals surface area contributed by atoms with Crippen LogP contribution in [0.3, 0.4) is 0 Å². The van der Waals surface area contributed by atoms with Crippen LogP contribution < -0.4 is 27.2 Å². The predicted molar refractivity (Wildman–Crippen MR) is 65.8 cm³/mol. The lowest BCUT2D eigenvalue weighted by Gasteiger charge is -2.16. The molecule has 0 spiro atoms. The third-order valence-electron chi connectivity index (χ3n) is 2.71. The normalized spacial score (nSPS) is 9.94. The Bertz CT molecular complexity index is 475. The molecular formula is C13H17BrN2. The monoisotopic (exact) mass is 280 g/mol. The van der Waals surface area contributed by atoms with Crippen LogP contribution >= 0.6 is 0 Å². The number of quaternary nitrogens is 1. The lowest BCUT2D eigenvalue weighted by Crippen LogP contribution is -3.00. The molecule has 0 saturated heterocycles. The first-order valence-electron chi connectivity index (χ1n) is 5.22. The number of halogens is 1. The Balaban J connectivity index is 0.00000128. The zero-order valence-corrected chi connectivity index (χ0v) is 11.5. The molecule has 0 saturated carbocycles. The molecule has 0 unspecified atom stereocenters. The van der Waals surface area contributed by atoms with Gasteiger partial charge in [-0.25, -0.2) is 0 Å². The van der Waals surface area contributed by atoms with Crippen molar-refractivity contribution in [2.75, 3.05) is 26.0 Å². The minimum atomic E-state index is 0. The second-order valence-electron chi connectivity index (χ2n) is 3.91. The van der Waals surface area contributed by atoms with Gasteiger partial charge in [-0.15, -0.1) is 0 Å². The first-order chi connectivity index (χ1) is 7.24. The smallest absolute Gasteiger partial charge is 0.139 e. The standard InChI is InChI=1S/C13H16N2.BrH/c1-14-11-8-4-6-10-7-5-9-12(13(10)11)15(2)3;/h4-9,14H,1-3H3;1H. The maximum absolute atomic E-state index is 2.16. The first-order valence-corrected chi connectivity index (χ1v) is 5.22. The van der Waals surface area contributed by atoms with Gasteiger partial charge in [0.05, 0.1) is 18.1 Å². The Hall–Kier alpha value is -1.06. The highest BCUT2D eigenvalue weighted by Gasteiger charge is 2.08. The number of hydrogen-bond donors (Lipinski definition) is 1. The van der Waals surface area contributed by atoms with Crippen LogP contribution in [-0.4, -0.2) is 21.1 Å². The van der Waals surface area contributed by atoms with E-state index in [9.17, 15) is 0 Å². The zero-order chi connectivity index (χ0) is 10.8. The molecule has 0 radical (unpaired) electrons. The van der Waals surface area contributed by atoms with E-state index in [0.29, 0.717) is 0 Å². The summed E-state index contributed by atoms with van der Waals surface area (Å²) < 4.78 is 0. The molecule has 0 aliphatic carbocycles. The molecular weight excluding hydrogens is 264 g/mol. The van der Waals surface area contributed by atoms with E-state index in [1.807, 2.05) is 0 Å². The summed E-state index contributed by atoms with van der Waals surface area (Å²) in [5.41, 5.74) is 2.58. The van der Waals surface area contributed by atoms with E-state index in [4.69, 9.17) is 0 Å². The maximum atomic E-state index is 2.16. The molecule has 0 fully saturated rings. The van der Waals surface area contributed by atoms with Crippen molar-refractivity contribution in [2.24, 2.45) is 0 Å².